The number of nitrogens with zero attached hydrogens (tertiary/aromatic N) is 1. The van der Waals surface area contributed by atoms with Crippen molar-refractivity contribution in [2.24, 2.45) is 0 Å². The van der Waals surface area contributed by atoms with Crippen molar-refractivity contribution in [3.05, 3.63) is 58.8 Å². The van der Waals surface area contributed by atoms with Gasteiger partial charge in [0.2, 0.25) is 0 Å². The quantitative estimate of drug-likeness (QED) is 0.855. The van der Waals surface area contributed by atoms with E-state index in [9.17, 15) is 17.6 Å². The summed E-state index contributed by atoms with van der Waals surface area (Å²) in [7, 11) is -4.20. The second kappa shape index (κ2) is 6.45. The molecule has 0 heterocycles. The summed E-state index contributed by atoms with van der Waals surface area (Å²) in [5, 5.41) is 8.95. The number of aliphatic carboxylic acids is 1. The standard InChI is InChI=1S/C14H11BrFNO4S/c15-10-5-7-11(8-6-10)22(20,21)17(9-14(18)19)13-4-2-1-3-12(13)16/h1-8H,9H2,(H,18,19). The van der Waals surface area contributed by atoms with Crippen molar-refractivity contribution in [1.82, 2.24) is 0 Å². The van der Waals surface area contributed by atoms with Crippen LogP contribution in [0.15, 0.2) is 57.9 Å². The lowest BCUT2D eigenvalue weighted by Gasteiger charge is -2.23. The number of carboxylic acids is 1. The number of rotatable bonds is 5. The maximum Gasteiger partial charge on any atom is 0.324 e. The van der Waals surface area contributed by atoms with Gasteiger partial charge in [0.25, 0.3) is 10.0 Å². The van der Waals surface area contributed by atoms with E-state index in [-0.39, 0.29) is 10.6 Å². The Bertz CT molecular complexity index is 793. The molecule has 0 radical (unpaired) electrons. The van der Waals surface area contributed by atoms with E-state index in [0.717, 1.165) is 6.07 Å². The van der Waals surface area contributed by atoms with Crippen LogP contribution in [0.4, 0.5) is 10.1 Å². The van der Waals surface area contributed by atoms with Gasteiger partial charge in [-0.1, -0.05) is 28.1 Å². The Morgan fingerprint density at radius 1 is 1.14 bits per heavy atom. The number of anilines is 1. The average Bonchev–Trinajstić information content (AvgIpc) is 2.46. The SMILES string of the molecule is O=C(O)CN(c1ccccc1F)S(=O)(=O)c1ccc(Br)cc1. The summed E-state index contributed by atoms with van der Waals surface area (Å²) in [6.45, 7) is -0.876. The summed E-state index contributed by atoms with van der Waals surface area (Å²) in [5.74, 6) is -2.20. The number of carbonyl (C=O) groups is 1. The summed E-state index contributed by atoms with van der Waals surface area (Å²) in [4.78, 5) is 10.9. The number of carboxylic acid groups (broad SMARTS) is 1. The molecule has 0 unspecified atom stereocenters. The molecule has 0 bridgehead atoms. The van der Waals surface area contributed by atoms with Crippen molar-refractivity contribution >= 4 is 37.6 Å². The molecule has 2 aromatic carbocycles. The first kappa shape index (κ1) is 16.4. The van der Waals surface area contributed by atoms with Gasteiger partial charge in [0.1, 0.15) is 12.4 Å². The molecular formula is C14H11BrFNO4S. The molecule has 22 heavy (non-hydrogen) atoms. The Hall–Kier alpha value is -1.93. The van der Waals surface area contributed by atoms with Crippen LogP contribution in [-0.2, 0) is 14.8 Å². The van der Waals surface area contributed by atoms with Crippen molar-refractivity contribution in [2.45, 2.75) is 4.90 Å². The van der Waals surface area contributed by atoms with Crippen molar-refractivity contribution in [1.29, 1.82) is 0 Å². The van der Waals surface area contributed by atoms with E-state index < -0.39 is 28.4 Å². The van der Waals surface area contributed by atoms with Crippen LogP contribution in [0, 0.1) is 5.82 Å². The minimum absolute atomic E-state index is 0.125. The van der Waals surface area contributed by atoms with E-state index in [4.69, 9.17) is 5.11 Å². The monoisotopic (exact) mass is 387 g/mol. The molecule has 0 saturated heterocycles. The lowest BCUT2D eigenvalue weighted by atomic mass is 10.3. The predicted molar refractivity (Wildman–Crippen MR) is 82.7 cm³/mol. The van der Waals surface area contributed by atoms with Gasteiger partial charge in [0.15, 0.2) is 0 Å². The predicted octanol–water partition coefficient (Wildman–Crippen LogP) is 2.87. The highest BCUT2D eigenvalue weighted by molar-refractivity contribution is 9.10. The molecule has 116 valence electrons. The summed E-state index contributed by atoms with van der Waals surface area (Å²) in [6, 6.07) is 10.8. The van der Waals surface area contributed by atoms with Crippen molar-refractivity contribution in [3.8, 4) is 0 Å². The van der Waals surface area contributed by atoms with Crippen LogP contribution in [-0.4, -0.2) is 26.0 Å². The number of para-hydroxylation sites is 1. The van der Waals surface area contributed by atoms with Crippen molar-refractivity contribution in [3.63, 3.8) is 0 Å². The maximum atomic E-state index is 13.9. The average molecular weight is 388 g/mol. The summed E-state index contributed by atoms with van der Waals surface area (Å²) in [6.07, 6.45) is 0. The van der Waals surface area contributed by atoms with E-state index in [1.807, 2.05) is 0 Å². The maximum absolute atomic E-state index is 13.9. The minimum atomic E-state index is -4.20. The van der Waals surface area contributed by atoms with E-state index >= 15 is 0 Å². The highest BCUT2D eigenvalue weighted by Gasteiger charge is 2.28. The number of hydrogen-bond donors (Lipinski definition) is 1. The molecule has 0 amide bonds. The third-order valence-electron chi connectivity index (χ3n) is 2.80. The zero-order valence-electron chi connectivity index (χ0n) is 11.1. The molecule has 0 aliphatic heterocycles. The van der Waals surface area contributed by atoms with Crippen LogP contribution in [0.25, 0.3) is 0 Å². The van der Waals surface area contributed by atoms with Crippen LogP contribution >= 0.6 is 15.9 Å². The van der Waals surface area contributed by atoms with Gasteiger partial charge in [-0.3, -0.25) is 9.10 Å². The third kappa shape index (κ3) is 3.45. The fourth-order valence-corrected chi connectivity index (χ4v) is 3.50. The van der Waals surface area contributed by atoms with E-state index in [1.165, 1.54) is 42.5 Å². The fourth-order valence-electron chi connectivity index (χ4n) is 1.81. The van der Waals surface area contributed by atoms with Gasteiger partial charge in [-0.15, -0.1) is 0 Å². The molecule has 8 heteroatoms. The van der Waals surface area contributed by atoms with Crippen LogP contribution in [0.5, 0.6) is 0 Å². The highest BCUT2D eigenvalue weighted by Crippen LogP contribution is 2.26. The van der Waals surface area contributed by atoms with E-state index in [1.54, 1.807) is 0 Å². The second-order valence-corrected chi connectivity index (χ2v) is 7.09. The second-order valence-electron chi connectivity index (χ2n) is 4.31. The first-order chi connectivity index (χ1) is 10.3. The van der Waals surface area contributed by atoms with Crippen LogP contribution < -0.4 is 4.31 Å². The zero-order chi connectivity index (χ0) is 16.3. The van der Waals surface area contributed by atoms with Crippen LogP contribution in [0.2, 0.25) is 0 Å². The molecule has 5 nitrogen and oxygen atoms in total. The van der Waals surface area contributed by atoms with Gasteiger partial charge in [-0.25, -0.2) is 12.8 Å². The minimum Gasteiger partial charge on any atom is -0.480 e. The van der Waals surface area contributed by atoms with Gasteiger partial charge >= 0.3 is 5.97 Å². The van der Waals surface area contributed by atoms with Crippen LogP contribution in [0.1, 0.15) is 0 Å². The molecule has 1 N–H and O–H groups in total. The Morgan fingerprint density at radius 2 is 1.73 bits per heavy atom. The third-order valence-corrected chi connectivity index (χ3v) is 5.10. The smallest absolute Gasteiger partial charge is 0.324 e. The molecule has 0 aliphatic carbocycles. The molecule has 0 saturated carbocycles. The van der Waals surface area contributed by atoms with Crippen molar-refractivity contribution < 1.29 is 22.7 Å². The van der Waals surface area contributed by atoms with E-state index in [2.05, 4.69) is 15.9 Å². The Morgan fingerprint density at radius 3 is 2.27 bits per heavy atom. The summed E-state index contributed by atoms with van der Waals surface area (Å²) in [5.41, 5.74) is -0.312. The molecule has 0 aromatic heterocycles. The fraction of sp³-hybridized carbons (Fsp3) is 0.0714. The number of sulfonamides is 1. The van der Waals surface area contributed by atoms with Gasteiger partial charge < -0.3 is 5.11 Å². The molecule has 0 aliphatic rings. The zero-order valence-corrected chi connectivity index (χ0v) is 13.5. The Balaban J connectivity index is 2.56. The molecule has 0 fully saturated rings. The molecular weight excluding hydrogens is 377 g/mol. The summed E-state index contributed by atoms with van der Waals surface area (Å²) >= 11 is 3.18. The number of halogens is 2. The summed E-state index contributed by atoms with van der Waals surface area (Å²) < 4.78 is 40.3. The topological polar surface area (TPSA) is 74.7 Å². The largest absolute Gasteiger partial charge is 0.480 e. The lowest BCUT2D eigenvalue weighted by Crippen LogP contribution is -2.36. The number of benzene rings is 2. The van der Waals surface area contributed by atoms with Gasteiger partial charge in [-0.2, -0.15) is 0 Å². The molecule has 0 atom stereocenters. The Labute approximate surface area is 135 Å². The van der Waals surface area contributed by atoms with E-state index in [0.29, 0.717) is 8.78 Å². The normalized spacial score (nSPS) is 11.2. The highest BCUT2D eigenvalue weighted by atomic mass is 79.9. The first-order valence-electron chi connectivity index (χ1n) is 6.07. The van der Waals surface area contributed by atoms with Crippen LogP contribution in [0.3, 0.4) is 0 Å². The lowest BCUT2D eigenvalue weighted by molar-refractivity contribution is -0.135. The molecule has 2 aromatic rings. The molecule has 2 rings (SSSR count). The van der Waals surface area contributed by atoms with Gasteiger partial charge in [0.05, 0.1) is 10.6 Å². The van der Waals surface area contributed by atoms with Gasteiger partial charge in [0, 0.05) is 4.47 Å². The number of hydrogen-bond acceptors (Lipinski definition) is 3. The van der Waals surface area contributed by atoms with Gasteiger partial charge in [-0.05, 0) is 36.4 Å². The Kier molecular flexibility index (Phi) is 4.82. The van der Waals surface area contributed by atoms with Crippen molar-refractivity contribution in [2.75, 3.05) is 10.8 Å². The first-order valence-corrected chi connectivity index (χ1v) is 8.30. The molecule has 0 spiro atoms.